The Kier molecular flexibility index (Phi) is 3.79. The lowest BCUT2D eigenvalue weighted by Crippen LogP contribution is -2.38. The van der Waals surface area contributed by atoms with Gasteiger partial charge in [0.05, 0.1) is 0 Å². The maximum Gasteiger partial charge on any atom is 0.279 e. The molecule has 0 aliphatic carbocycles. The number of carbonyl (C=O) groups is 1. The lowest BCUT2D eigenvalue weighted by Gasteiger charge is -2.28. The van der Waals surface area contributed by atoms with Gasteiger partial charge in [0.2, 0.25) is 0 Å². The molecule has 0 saturated carbocycles. The number of hydrogen-bond acceptors (Lipinski definition) is 1. The van der Waals surface area contributed by atoms with Crippen molar-refractivity contribution in [3.05, 3.63) is 0 Å². The number of thiol groups is 1. The molecule has 0 heterocycles. The van der Waals surface area contributed by atoms with Gasteiger partial charge in [-0.25, -0.2) is 0 Å². The van der Waals surface area contributed by atoms with Gasteiger partial charge in [-0.3, -0.25) is 4.79 Å². The third-order valence-corrected chi connectivity index (χ3v) is 1.56. The Labute approximate surface area is 68.0 Å². The molecule has 0 aromatic rings. The smallest absolute Gasteiger partial charge is 0.279 e. The van der Waals surface area contributed by atoms with E-state index in [4.69, 9.17) is 0 Å². The molecule has 2 nitrogen and oxygen atoms in total. The van der Waals surface area contributed by atoms with Crippen LogP contribution in [-0.2, 0) is 0 Å². The van der Waals surface area contributed by atoms with Crippen LogP contribution < -0.4 is 0 Å². The van der Waals surface area contributed by atoms with Crippen LogP contribution in [0, 0.1) is 0 Å². The molecular weight excluding hydrogens is 146 g/mol. The number of rotatable bonds is 2. The van der Waals surface area contributed by atoms with Crippen molar-refractivity contribution in [3.63, 3.8) is 0 Å². The second kappa shape index (κ2) is 3.86. The summed E-state index contributed by atoms with van der Waals surface area (Å²) in [6.45, 7) is 7.92. The molecule has 10 heavy (non-hydrogen) atoms. The van der Waals surface area contributed by atoms with E-state index in [-0.39, 0.29) is 17.3 Å². The Balaban J connectivity index is 4.12. The van der Waals surface area contributed by atoms with Crippen molar-refractivity contribution in [1.29, 1.82) is 0 Å². The van der Waals surface area contributed by atoms with E-state index >= 15 is 0 Å². The zero-order valence-electron chi connectivity index (χ0n) is 6.96. The SMILES string of the molecule is CC(C)N(C(=O)S)C(C)C. The number of amides is 1. The van der Waals surface area contributed by atoms with Gasteiger partial charge in [-0.15, -0.1) is 0 Å². The van der Waals surface area contributed by atoms with Crippen LogP contribution in [0.1, 0.15) is 27.7 Å². The number of carbonyl (C=O) groups excluding carboxylic acids is 1. The molecule has 0 aliphatic rings. The Hall–Kier alpha value is -0.180. The van der Waals surface area contributed by atoms with E-state index in [9.17, 15) is 4.79 Å². The summed E-state index contributed by atoms with van der Waals surface area (Å²) in [6, 6.07) is 0.481. The second-order valence-electron chi connectivity index (χ2n) is 2.88. The highest BCUT2D eigenvalue weighted by molar-refractivity contribution is 7.96. The maximum atomic E-state index is 10.8. The van der Waals surface area contributed by atoms with Crippen molar-refractivity contribution >= 4 is 17.9 Å². The average molecular weight is 161 g/mol. The van der Waals surface area contributed by atoms with Crippen LogP contribution >= 0.6 is 12.6 Å². The molecule has 0 atom stereocenters. The van der Waals surface area contributed by atoms with Crippen LogP contribution in [0.2, 0.25) is 0 Å². The second-order valence-corrected chi connectivity index (χ2v) is 3.26. The normalized spacial score (nSPS) is 10.7. The van der Waals surface area contributed by atoms with Crippen molar-refractivity contribution in [3.8, 4) is 0 Å². The molecule has 60 valence electrons. The summed E-state index contributed by atoms with van der Waals surface area (Å²) in [5.74, 6) is 0. The summed E-state index contributed by atoms with van der Waals surface area (Å²) in [5, 5.41) is -0.148. The average Bonchev–Trinajstić information content (AvgIpc) is 1.59. The zero-order valence-corrected chi connectivity index (χ0v) is 7.85. The first-order valence-corrected chi connectivity index (χ1v) is 3.92. The molecule has 0 spiro atoms. The quantitative estimate of drug-likeness (QED) is 0.615. The number of nitrogens with zero attached hydrogens (tertiary/aromatic N) is 1. The van der Waals surface area contributed by atoms with E-state index in [1.807, 2.05) is 27.7 Å². The van der Waals surface area contributed by atoms with E-state index in [0.717, 1.165) is 0 Å². The molecule has 0 aliphatic heterocycles. The van der Waals surface area contributed by atoms with Crippen LogP contribution in [0.5, 0.6) is 0 Å². The lowest BCUT2D eigenvalue weighted by atomic mass is 10.2. The van der Waals surface area contributed by atoms with Crippen LogP contribution in [0.25, 0.3) is 0 Å². The maximum absolute atomic E-state index is 10.8. The fourth-order valence-corrected chi connectivity index (χ4v) is 1.50. The molecule has 0 aromatic heterocycles. The van der Waals surface area contributed by atoms with Crippen LogP contribution in [-0.4, -0.2) is 22.2 Å². The molecule has 0 bridgehead atoms. The van der Waals surface area contributed by atoms with Crippen LogP contribution in [0.4, 0.5) is 4.79 Å². The number of hydrogen-bond donors (Lipinski definition) is 1. The fourth-order valence-electron chi connectivity index (χ4n) is 1.04. The first-order valence-electron chi connectivity index (χ1n) is 3.48. The van der Waals surface area contributed by atoms with Crippen molar-refractivity contribution in [2.75, 3.05) is 0 Å². The molecule has 0 fully saturated rings. The van der Waals surface area contributed by atoms with Crippen molar-refractivity contribution in [1.82, 2.24) is 4.90 Å². The standard InChI is InChI=1S/C7H15NOS/c1-5(2)8(6(3)4)7(9)10/h5-6H,1-4H3,(H,9,10). The van der Waals surface area contributed by atoms with Gasteiger partial charge in [0, 0.05) is 12.1 Å². The minimum atomic E-state index is -0.148. The van der Waals surface area contributed by atoms with Crippen LogP contribution in [0.3, 0.4) is 0 Å². The first-order chi connectivity index (χ1) is 4.46. The Bertz CT molecular complexity index is 115. The third kappa shape index (κ3) is 2.60. The summed E-state index contributed by atoms with van der Waals surface area (Å²) in [4.78, 5) is 12.5. The van der Waals surface area contributed by atoms with Gasteiger partial charge in [0.25, 0.3) is 5.24 Å². The summed E-state index contributed by atoms with van der Waals surface area (Å²) in [5.41, 5.74) is 0. The Morgan fingerprint density at radius 3 is 1.50 bits per heavy atom. The zero-order chi connectivity index (χ0) is 8.31. The first kappa shape index (κ1) is 9.82. The highest BCUT2D eigenvalue weighted by atomic mass is 32.1. The van der Waals surface area contributed by atoms with Crippen LogP contribution in [0.15, 0.2) is 0 Å². The van der Waals surface area contributed by atoms with Crippen molar-refractivity contribution in [2.45, 2.75) is 39.8 Å². The van der Waals surface area contributed by atoms with E-state index < -0.39 is 0 Å². The predicted molar refractivity (Wildman–Crippen MR) is 46.5 cm³/mol. The van der Waals surface area contributed by atoms with Crippen molar-refractivity contribution < 1.29 is 4.79 Å². The molecule has 0 aromatic carbocycles. The molecule has 3 heteroatoms. The van der Waals surface area contributed by atoms with Gasteiger partial charge in [0.15, 0.2) is 0 Å². The summed E-state index contributed by atoms with van der Waals surface area (Å²) < 4.78 is 0. The highest BCUT2D eigenvalue weighted by Gasteiger charge is 2.15. The minimum absolute atomic E-state index is 0.148. The molecule has 1 amide bonds. The van der Waals surface area contributed by atoms with E-state index in [2.05, 4.69) is 12.6 Å². The van der Waals surface area contributed by atoms with E-state index in [0.29, 0.717) is 0 Å². The fraction of sp³-hybridized carbons (Fsp3) is 0.857. The third-order valence-electron chi connectivity index (χ3n) is 1.33. The van der Waals surface area contributed by atoms with Gasteiger partial charge in [-0.05, 0) is 27.7 Å². The van der Waals surface area contributed by atoms with Gasteiger partial charge < -0.3 is 4.90 Å². The topological polar surface area (TPSA) is 20.3 Å². The van der Waals surface area contributed by atoms with E-state index in [1.165, 1.54) is 0 Å². The van der Waals surface area contributed by atoms with Gasteiger partial charge in [-0.1, -0.05) is 12.6 Å². The molecule has 0 radical (unpaired) electrons. The summed E-state index contributed by atoms with van der Waals surface area (Å²) >= 11 is 3.76. The largest absolute Gasteiger partial charge is 0.329 e. The van der Waals surface area contributed by atoms with Crippen molar-refractivity contribution in [2.24, 2.45) is 0 Å². The summed E-state index contributed by atoms with van der Waals surface area (Å²) in [6.07, 6.45) is 0. The molecule has 0 saturated heterocycles. The van der Waals surface area contributed by atoms with Gasteiger partial charge in [-0.2, -0.15) is 0 Å². The monoisotopic (exact) mass is 161 g/mol. The van der Waals surface area contributed by atoms with E-state index in [1.54, 1.807) is 4.90 Å². The molecule has 0 unspecified atom stereocenters. The minimum Gasteiger partial charge on any atom is -0.329 e. The Morgan fingerprint density at radius 1 is 1.20 bits per heavy atom. The molecule has 0 N–H and O–H groups in total. The lowest BCUT2D eigenvalue weighted by molar-refractivity contribution is 0.190. The highest BCUT2D eigenvalue weighted by Crippen LogP contribution is 2.07. The summed E-state index contributed by atoms with van der Waals surface area (Å²) in [7, 11) is 0. The predicted octanol–water partition coefficient (Wildman–Crippen LogP) is 2.16. The molecule has 0 rings (SSSR count). The van der Waals surface area contributed by atoms with Gasteiger partial charge in [0.1, 0.15) is 0 Å². The Morgan fingerprint density at radius 2 is 1.50 bits per heavy atom. The van der Waals surface area contributed by atoms with Gasteiger partial charge >= 0.3 is 0 Å². The molecular formula is C7H15NOS.